The van der Waals surface area contributed by atoms with Crippen LogP contribution in [0.25, 0.3) is 0 Å². The number of hydrogen-bond donors (Lipinski definition) is 2. The van der Waals surface area contributed by atoms with E-state index in [0.29, 0.717) is 6.54 Å². The van der Waals surface area contributed by atoms with Gasteiger partial charge in [0.2, 0.25) is 0 Å². The Labute approximate surface area is 127 Å². The van der Waals surface area contributed by atoms with Crippen molar-refractivity contribution in [1.82, 2.24) is 9.97 Å². The van der Waals surface area contributed by atoms with E-state index in [1.54, 1.807) is 6.33 Å². The van der Waals surface area contributed by atoms with Crippen molar-refractivity contribution in [3.63, 3.8) is 0 Å². The molecule has 5 nitrogen and oxygen atoms in total. The average Bonchev–Trinajstić information content (AvgIpc) is 2.53. The first-order chi connectivity index (χ1) is 10.1. The molecular formula is C16H28N4O. The lowest BCUT2D eigenvalue weighted by molar-refractivity contribution is 0.0456. The molecule has 118 valence electrons. The van der Waals surface area contributed by atoms with E-state index in [1.807, 2.05) is 19.9 Å². The summed E-state index contributed by atoms with van der Waals surface area (Å²) in [5, 5.41) is 13.6. The van der Waals surface area contributed by atoms with Gasteiger partial charge in [-0.15, -0.1) is 0 Å². The van der Waals surface area contributed by atoms with Crippen molar-refractivity contribution in [2.45, 2.75) is 52.1 Å². The highest BCUT2D eigenvalue weighted by Crippen LogP contribution is 2.23. The van der Waals surface area contributed by atoms with Crippen molar-refractivity contribution in [3.8, 4) is 0 Å². The van der Waals surface area contributed by atoms with Gasteiger partial charge in [-0.1, -0.05) is 20.8 Å². The highest BCUT2D eigenvalue weighted by atomic mass is 16.3. The number of hydrogen-bond acceptors (Lipinski definition) is 5. The first-order valence-corrected chi connectivity index (χ1v) is 8.09. The molecule has 0 saturated carbocycles. The Kier molecular flexibility index (Phi) is 5.39. The number of aliphatic hydroxyl groups is 1. The van der Waals surface area contributed by atoms with Gasteiger partial charge in [-0.2, -0.15) is 0 Å². The first kappa shape index (κ1) is 16.0. The van der Waals surface area contributed by atoms with Crippen LogP contribution in [0.1, 0.15) is 46.5 Å². The van der Waals surface area contributed by atoms with Gasteiger partial charge in [-0.05, 0) is 31.6 Å². The van der Waals surface area contributed by atoms with Gasteiger partial charge in [-0.25, -0.2) is 9.97 Å². The standard InChI is InChI=1S/C16H28N4O/c1-4-16(21,5-2)11-17-14-9-15(19-12-18-14)20-8-6-7-13(3)10-20/h9,12-13,21H,4-8,10-11H2,1-3H3,(H,17,18,19). The minimum absolute atomic E-state index is 0.521. The van der Waals surface area contributed by atoms with Crippen LogP contribution in [0.2, 0.25) is 0 Å². The van der Waals surface area contributed by atoms with E-state index >= 15 is 0 Å². The van der Waals surface area contributed by atoms with Crippen LogP contribution in [0.4, 0.5) is 11.6 Å². The molecule has 1 aromatic rings. The van der Waals surface area contributed by atoms with Crippen molar-refractivity contribution in [1.29, 1.82) is 0 Å². The lowest BCUT2D eigenvalue weighted by Crippen LogP contribution is -2.36. The maximum atomic E-state index is 10.3. The fourth-order valence-corrected chi connectivity index (χ4v) is 2.77. The van der Waals surface area contributed by atoms with E-state index in [-0.39, 0.29) is 0 Å². The summed E-state index contributed by atoms with van der Waals surface area (Å²) in [6.45, 7) is 8.94. The molecule has 0 aromatic carbocycles. The monoisotopic (exact) mass is 292 g/mol. The number of nitrogens with zero attached hydrogens (tertiary/aromatic N) is 3. The minimum atomic E-state index is -0.662. The molecule has 0 bridgehead atoms. The largest absolute Gasteiger partial charge is 0.388 e. The summed E-state index contributed by atoms with van der Waals surface area (Å²) < 4.78 is 0. The van der Waals surface area contributed by atoms with Crippen LogP contribution in [-0.4, -0.2) is 40.3 Å². The minimum Gasteiger partial charge on any atom is -0.388 e. The molecule has 1 aliphatic heterocycles. The summed E-state index contributed by atoms with van der Waals surface area (Å²) in [5.41, 5.74) is -0.662. The van der Waals surface area contributed by atoms with Crippen LogP contribution in [0, 0.1) is 5.92 Å². The second kappa shape index (κ2) is 7.07. The fourth-order valence-electron chi connectivity index (χ4n) is 2.77. The molecule has 0 radical (unpaired) electrons. The van der Waals surface area contributed by atoms with Gasteiger partial charge >= 0.3 is 0 Å². The number of rotatable bonds is 6. The number of anilines is 2. The van der Waals surface area contributed by atoms with Gasteiger partial charge < -0.3 is 15.3 Å². The summed E-state index contributed by atoms with van der Waals surface area (Å²) in [5.74, 6) is 2.49. The van der Waals surface area contributed by atoms with Gasteiger partial charge in [0.1, 0.15) is 18.0 Å². The van der Waals surface area contributed by atoms with Crippen LogP contribution >= 0.6 is 0 Å². The van der Waals surface area contributed by atoms with Crippen molar-refractivity contribution in [2.24, 2.45) is 5.92 Å². The zero-order valence-electron chi connectivity index (χ0n) is 13.5. The third-order valence-electron chi connectivity index (χ3n) is 4.55. The molecule has 5 heteroatoms. The van der Waals surface area contributed by atoms with Crippen LogP contribution in [0.3, 0.4) is 0 Å². The van der Waals surface area contributed by atoms with Gasteiger partial charge in [0, 0.05) is 25.7 Å². The molecule has 2 heterocycles. The predicted octanol–water partition coefficient (Wildman–Crippen LogP) is 2.68. The molecule has 1 atom stereocenters. The molecule has 2 rings (SSSR count). The molecule has 1 aromatic heterocycles. The highest BCUT2D eigenvalue weighted by molar-refractivity contribution is 5.48. The Morgan fingerprint density at radius 1 is 1.38 bits per heavy atom. The van der Waals surface area contributed by atoms with Crippen LogP contribution < -0.4 is 10.2 Å². The third-order valence-corrected chi connectivity index (χ3v) is 4.55. The van der Waals surface area contributed by atoms with Crippen molar-refractivity contribution < 1.29 is 5.11 Å². The molecule has 1 aliphatic rings. The van der Waals surface area contributed by atoms with E-state index in [4.69, 9.17) is 0 Å². The second-order valence-corrected chi connectivity index (χ2v) is 6.24. The molecule has 0 aliphatic carbocycles. The Morgan fingerprint density at radius 2 is 2.14 bits per heavy atom. The maximum Gasteiger partial charge on any atom is 0.134 e. The predicted molar refractivity (Wildman–Crippen MR) is 86.7 cm³/mol. The van der Waals surface area contributed by atoms with E-state index in [0.717, 1.165) is 43.5 Å². The van der Waals surface area contributed by atoms with Crippen molar-refractivity contribution in [3.05, 3.63) is 12.4 Å². The molecule has 21 heavy (non-hydrogen) atoms. The van der Waals surface area contributed by atoms with Gasteiger partial charge in [0.05, 0.1) is 5.60 Å². The van der Waals surface area contributed by atoms with Gasteiger partial charge in [0.15, 0.2) is 0 Å². The summed E-state index contributed by atoms with van der Waals surface area (Å²) in [4.78, 5) is 11.0. The zero-order valence-corrected chi connectivity index (χ0v) is 13.5. The first-order valence-electron chi connectivity index (χ1n) is 8.09. The van der Waals surface area contributed by atoms with E-state index < -0.39 is 5.60 Å². The Hall–Kier alpha value is -1.36. The number of piperidine rings is 1. The average molecular weight is 292 g/mol. The van der Waals surface area contributed by atoms with Crippen LogP contribution in [-0.2, 0) is 0 Å². The number of nitrogens with one attached hydrogen (secondary N) is 1. The van der Waals surface area contributed by atoms with Crippen molar-refractivity contribution >= 4 is 11.6 Å². The van der Waals surface area contributed by atoms with Crippen LogP contribution in [0.5, 0.6) is 0 Å². The second-order valence-electron chi connectivity index (χ2n) is 6.24. The fraction of sp³-hybridized carbons (Fsp3) is 0.750. The van der Waals surface area contributed by atoms with E-state index in [2.05, 4.69) is 27.1 Å². The summed E-state index contributed by atoms with van der Waals surface area (Å²) >= 11 is 0. The summed E-state index contributed by atoms with van der Waals surface area (Å²) in [7, 11) is 0. The molecule has 1 fully saturated rings. The highest BCUT2D eigenvalue weighted by Gasteiger charge is 2.22. The molecular weight excluding hydrogens is 264 g/mol. The summed E-state index contributed by atoms with van der Waals surface area (Å²) in [6, 6.07) is 1.99. The lowest BCUT2D eigenvalue weighted by atomic mass is 9.98. The topological polar surface area (TPSA) is 61.3 Å². The van der Waals surface area contributed by atoms with Crippen molar-refractivity contribution in [2.75, 3.05) is 29.9 Å². The number of aromatic nitrogens is 2. The van der Waals surface area contributed by atoms with Crippen LogP contribution in [0.15, 0.2) is 12.4 Å². The molecule has 0 amide bonds. The molecule has 1 saturated heterocycles. The summed E-state index contributed by atoms with van der Waals surface area (Å²) in [6.07, 6.45) is 5.59. The lowest BCUT2D eigenvalue weighted by Gasteiger charge is -2.32. The zero-order chi connectivity index (χ0) is 15.3. The Bertz CT molecular complexity index is 448. The Morgan fingerprint density at radius 3 is 2.81 bits per heavy atom. The van der Waals surface area contributed by atoms with Gasteiger partial charge in [0.25, 0.3) is 0 Å². The maximum absolute atomic E-state index is 10.3. The molecule has 2 N–H and O–H groups in total. The SMILES string of the molecule is CCC(O)(CC)CNc1cc(N2CCCC(C)C2)ncn1. The van der Waals surface area contributed by atoms with E-state index in [1.165, 1.54) is 12.8 Å². The third kappa shape index (κ3) is 4.30. The normalized spacial score (nSPS) is 19.6. The Balaban J connectivity index is 2.00. The van der Waals surface area contributed by atoms with E-state index in [9.17, 15) is 5.11 Å². The smallest absolute Gasteiger partial charge is 0.134 e. The quantitative estimate of drug-likeness (QED) is 0.844. The molecule has 0 spiro atoms. The van der Waals surface area contributed by atoms with Gasteiger partial charge in [-0.3, -0.25) is 0 Å². The molecule has 1 unspecified atom stereocenters.